The molecular formula is C14H19NO2. The number of carbonyl (C=O) groups is 1. The summed E-state index contributed by atoms with van der Waals surface area (Å²) in [4.78, 5) is 14.1. The van der Waals surface area contributed by atoms with Gasteiger partial charge in [0.05, 0.1) is 13.0 Å². The molecule has 92 valence electrons. The predicted molar refractivity (Wildman–Crippen MR) is 66.6 cm³/mol. The van der Waals surface area contributed by atoms with Crippen molar-refractivity contribution in [2.45, 2.75) is 18.9 Å². The van der Waals surface area contributed by atoms with Gasteiger partial charge in [-0.2, -0.15) is 0 Å². The number of ether oxygens (including phenoxy) is 1. The molecule has 1 aliphatic rings. The van der Waals surface area contributed by atoms with Crippen LogP contribution in [0.1, 0.15) is 24.4 Å². The molecule has 0 bridgehead atoms. The molecule has 0 radical (unpaired) electrons. The topological polar surface area (TPSA) is 29.5 Å². The molecule has 3 nitrogen and oxygen atoms in total. The molecule has 3 heteroatoms. The number of hydrogen-bond donors (Lipinski definition) is 0. The van der Waals surface area contributed by atoms with Crippen molar-refractivity contribution in [2.75, 3.05) is 20.7 Å². The largest absolute Gasteiger partial charge is 0.469 e. The number of nitrogens with zero attached hydrogens (tertiary/aromatic N) is 1. The molecule has 1 aliphatic heterocycles. The van der Waals surface area contributed by atoms with Crippen molar-refractivity contribution in [3.05, 3.63) is 35.9 Å². The third-order valence-corrected chi connectivity index (χ3v) is 3.53. The van der Waals surface area contributed by atoms with Gasteiger partial charge in [0.2, 0.25) is 0 Å². The summed E-state index contributed by atoms with van der Waals surface area (Å²) in [5, 5.41) is 0. The summed E-state index contributed by atoms with van der Waals surface area (Å²) in [6.45, 7) is 1.03. The van der Waals surface area contributed by atoms with E-state index in [1.165, 1.54) is 12.7 Å². The predicted octanol–water partition coefficient (Wildman–Crippen LogP) is 2.24. The molecule has 1 saturated heterocycles. The molecule has 0 N–H and O–H groups in total. The average molecular weight is 233 g/mol. The third-order valence-electron chi connectivity index (χ3n) is 3.53. The second kappa shape index (κ2) is 5.32. The first-order valence-electron chi connectivity index (χ1n) is 6.07. The quantitative estimate of drug-likeness (QED) is 0.734. The maximum atomic E-state index is 11.8. The maximum absolute atomic E-state index is 11.8. The first-order chi connectivity index (χ1) is 8.24. The van der Waals surface area contributed by atoms with Crippen LogP contribution in [0.15, 0.2) is 30.3 Å². The number of methoxy groups -OCH3 is 1. The molecule has 1 aromatic rings. The minimum Gasteiger partial charge on any atom is -0.469 e. The standard InChI is InChI=1S/C14H19NO2/c1-15-10-6-9-12(14(16)17-2)13(15)11-7-4-3-5-8-11/h3-5,7-8,12-13H,6,9-10H2,1-2H3. The summed E-state index contributed by atoms with van der Waals surface area (Å²) in [7, 11) is 3.55. The van der Waals surface area contributed by atoms with E-state index in [1.54, 1.807) is 0 Å². The molecule has 0 amide bonds. The van der Waals surface area contributed by atoms with Gasteiger partial charge in [-0.1, -0.05) is 30.3 Å². The molecular weight excluding hydrogens is 214 g/mol. The Bertz CT molecular complexity index is 377. The summed E-state index contributed by atoms with van der Waals surface area (Å²) in [5.74, 6) is -0.133. The van der Waals surface area contributed by atoms with E-state index in [9.17, 15) is 4.79 Å². The van der Waals surface area contributed by atoms with Gasteiger partial charge in [-0.3, -0.25) is 9.69 Å². The SMILES string of the molecule is COC(=O)C1CCCN(C)C1c1ccccc1. The number of likely N-dealkylation sites (tertiary alicyclic amines) is 1. The highest BCUT2D eigenvalue weighted by atomic mass is 16.5. The lowest BCUT2D eigenvalue weighted by Crippen LogP contribution is -2.40. The van der Waals surface area contributed by atoms with Gasteiger partial charge in [0.1, 0.15) is 0 Å². The monoisotopic (exact) mass is 233 g/mol. The Hall–Kier alpha value is -1.35. The van der Waals surface area contributed by atoms with Gasteiger partial charge >= 0.3 is 5.97 Å². The molecule has 17 heavy (non-hydrogen) atoms. The molecule has 0 aromatic heterocycles. The Morgan fingerprint density at radius 1 is 1.35 bits per heavy atom. The van der Waals surface area contributed by atoms with Gasteiger partial charge in [0, 0.05) is 6.04 Å². The van der Waals surface area contributed by atoms with Crippen LogP contribution in [0, 0.1) is 5.92 Å². The molecule has 0 saturated carbocycles. The zero-order valence-corrected chi connectivity index (χ0v) is 10.4. The molecule has 0 aliphatic carbocycles. The van der Waals surface area contributed by atoms with E-state index >= 15 is 0 Å². The van der Waals surface area contributed by atoms with Crippen LogP contribution in [0.25, 0.3) is 0 Å². The first kappa shape index (κ1) is 12.1. The van der Waals surface area contributed by atoms with E-state index in [0.717, 1.165) is 19.4 Å². The Balaban J connectivity index is 2.28. The van der Waals surface area contributed by atoms with Crippen molar-refractivity contribution < 1.29 is 9.53 Å². The highest BCUT2D eigenvalue weighted by Gasteiger charge is 2.35. The van der Waals surface area contributed by atoms with Gasteiger partial charge in [-0.15, -0.1) is 0 Å². The van der Waals surface area contributed by atoms with Crippen LogP contribution in [0.5, 0.6) is 0 Å². The van der Waals surface area contributed by atoms with E-state index in [1.807, 2.05) is 18.2 Å². The molecule has 2 rings (SSSR count). The normalized spacial score (nSPS) is 25.5. The van der Waals surface area contributed by atoms with E-state index in [2.05, 4.69) is 24.1 Å². The Labute approximate surface area is 102 Å². The Morgan fingerprint density at radius 3 is 2.71 bits per heavy atom. The maximum Gasteiger partial charge on any atom is 0.310 e. The van der Waals surface area contributed by atoms with Crippen LogP contribution in [-0.2, 0) is 9.53 Å². The molecule has 1 aromatic carbocycles. The lowest BCUT2D eigenvalue weighted by atomic mass is 9.85. The zero-order valence-electron chi connectivity index (χ0n) is 10.4. The summed E-state index contributed by atoms with van der Waals surface area (Å²) >= 11 is 0. The van der Waals surface area contributed by atoms with Crippen molar-refractivity contribution in [2.24, 2.45) is 5.92 Å². The minimum absolute atomic E-state index is 0.0406. The number of rotatable bonds is 2. The first-order valence-corrected chi connectivity index (χ1v) is 6.07. The van der Waals surface area contributed by atoms with Crippen molar-refractivity contribution in [3.63, 3.8) is 0 Å². The lowest BCUT2D eigenvalue weighted by molar-refractivity contribution is -0.149. The highest BCUT2D eigenvalue weighted by Crippen LogP contribution is 2.35. The molecule has 2 atom stereocenters. The number of carbonyl (C=O) groups excluding carboxylic acids is 1. The van der Waals surface area contributed by atoms with E-state index in [0.29, 0.717) is 0 Å². The lowest BCUT2D eigenvalue weighted by Gasteiger charge is -2.38. The van der Waals surface area contributed by atoms with Gasteiger partial charge in [-0.25, -0.2) is 0 Å². The molecule has 1 heterocycles. The summed E-state index contributed by atoms with van der Waals surface area (Å²) in [5.41, 5.74) is 1.20. The smallest absolute Gasteiger partial charge is 0.310 e. The highest BCUT2D eigenvalue weighted by molar-refractivity contribution is 5.73. The number of piperidine rings is 1. The fourth-order valence-corrected chi connectivity index (χ4v) is 2.70. The van der Waals surface area contributed by atoms with Gasteiger partial charge in [0.15, 0.2) is 0 Å². The van der Waals surface area contributed by atoms with Crippen LogP contribution >= 0.6 is 0 Å². The van der Waals surface area contributed by atoms with Crippen molar-refractivity contribution in [3.8, 4) is 0 Å². The number of esters is 1. The van der Waals surface area contributed by atoms with Crippen LogP contribution < -0.4 is 0 Å². The average Bonchev–Trinajstić information content (AvgIpc) is 2.38. The number of benzene rings is 1. The zero-order chi connectivity index (χ0) is 12.3. The third kappa shape index (κ3) is 2.50. The van der Waals surface area contributed by atoms with Crippen LogP contribution in [-0.4, -0.2) is 31.6 Å². The van der Waals surface area contributed by atoms with Gasteiger partial charge in [0.25, 0.3) is 0 Å². The Morgan fingerprint density at radius 2 is 2.06 bits per heavy atom. The van der Waals surface area contributed by atoms with Crippen molar-refractivity contribution >= 4 is 5.97 Å². The van der Waals surface area contributed by atoms with Crippen molar-refractivity contribution in [1.29, 1.82) is 0 Å². The molecule has 2 unspecified atom stereocenters. The Kier molecular flexibility index (Phi) is 3.79. The van der Waals surface area contributed by atoms with Crippen LogP contribution in [0.4, 0.5) is 0 Å². The second-order valence-electron chi connectivity index (χ2n) is 4.61. The van der Waals surface area contributed by atoms with Crippen LogP contribution in [0.3, 0.4) is 0 Å². The molecule has 0 spiro atoms. The van der Waals surface area contributed by atoms with Crippen LogP contribution in [0.2, 0.25) is 0 Å². The van der Waals surface area contributed by atoms with E-state index in [-0.39, 0.29) is 17.9 Å². The summed E-state index contributed by atoms with van der Waals surface area (Å²) < 4.78 is 4.92. The molecule has 1 fully saturated rings. The van der Waals surface area contributed by atoms with E-state index in [4.69, 9.17) is 4.74 Å². The number of hydrogen-bond acceptors (Lipinski definition) is 3. The summed E-state index contributed by atoms with van der Waals surface area (Å²) in [6.07, 6.45) is 1.97. The van der Waals surface area contributed by atoms with Gasteiger partial charge in [-0.05, 0) is 32.0 Å². The summed E-state index contributed by atoms with van der Waals surface area (Å²) in [6, 6.07) is 10.4. The van der Waals surface area contributed by atoms with Crippen molar-refractivity contribution in [1.82, 2.24) is 4.90 Å². The fraction of sp³-hybridized carbons (Fsp3) is 0.500. The minimum atomic E-state index is -0.0922. The second-order valence-corrected chi connectivity index (χ2v) is 4.61. The van der Waals surface area contributed by atoms with Gasteiger partial charge < -0.3 is 4.74 Å². The van der Waals surface area contributed by atoms with E-state index < -0.39 is 0 Å². The fourth-order valence-electron chi connectivity index (χ4n) is 2.70.